The molecule has 1 aliphatic heterocycles. The molecule has 0 saturated carbocycles. The van der Waals surface area contributed by atoms with Gasteiger partial charge in [-0.25, -0.2) is 4.98 Å². The molecule has 0 unspecified atom stereocenters. The Morgan fingerprint density at radius 2 is 1.97 bits per heavy atom. The fourth-order valence-electron chi connectivity index (χ4n) is 4.92. The summed E-state index contributed by atoms with van der Waals surface area (Å²) in [6.07, 6.45) is 2.93. The van der Waals surface area contributed by atoms with Crippen LogP contribution in [0, 0.1) is 12.8 Å². The number of hydrogen-bond donors (Lipinski definition) is 2. The van der Waals surface area contributed by atoms with Crippen LogP contribution in [0.4, 0.5) is 0 Å². The van der Waals surface area contributed by atoms with Crippen molar-refractivity contribution in [2.24, 2.45) is 13.0 Å². The van der Waals surface area contributed by atoms with Crippen molar-refractivity contribution in [3.63, 3.8) is 0 Å². The van der Waals surface area contributed by atoms with E-state index in [-0.39, 0.29) is 5.56 Å². The number of ether oxygens (including phenoxy) is 2. The number of aryl methyl sites for hydroxylation is 2. The molecular formula is C29H40N4O5. The molecule has 2 N–H and O–H groups in total. The number of hydrogen-bond acceptors (Lipinski definition) is 7. The van der Waals surface area contributed by atoms with Gasteiger partial charge in [-0.3, -0.25) is 14.9 Å². The normalized spacial score (nSPS) is 16.5. The molecule has 9 nitrogen and oxygen atoms in total. The van der Waals surface area contributed by atoms with Crippen LogP contribution in [0.2, 0.25) is 0 Å². The Labute approximate surface area is 223 Å². The first kappa shape index (κ1) is 28.0. The van der Waals surface area contributed by atoms with Crippen LogP contribution in [0.25, 0.3) is 22.4 Å². The highest BCUT2D eigenvalue weighted by molar-refractivity contribution is 5.81. The molecule has 38 heavy (non-hydrogen) atoms. The molecule has 0 amide bonds. The van der Waals surface area contributed by atoms with Gasteiger partial charge < -0.3 is 23.7 Å². The van der Waals surface area contributed by atoms with E-state index in [0.29, 0.717) is 18.0 Å². The average molecular weight is 525 g/mol. The second-order valence-corrected chi connectivity index (χ2v) is 11.4. The summed E-state index contributed by atoms with van der Waals surface area (Å²) in [7, 11) is 1.76. The van der Waals surface area contributed by atoms with Crippen molar-refractivity contribution in [3.8, 4) is 11.4 Å². The summed E-state index contributed by atoms with van der Waals surface area (Å²) in [5, 5.41) is 13.4. The molecule has 206 valence electrons. The van der Waals surface area contributed by atoms with E-state index < -0.39 is 23.7 Å². The number of aliphatic hydroxyl groups excluding tert-OH is 1. The Hall–Kier alpha value is -3.01. The van der Waals surface area contributed by atoms with Gasteiger partial charge in [-0.05, 0) is 77.1 Å². The molecule has 0 radical (unpaired) electrons. The summed E-state index contributed by atoms with van der Waals surface area (Å²) in [5.41, 5.74) is 3.69. The van der Waals surface area contributed by atoms with E-state index in [1.165, 1.54) is 0 Å². The van der Waals surface area contributed by atoms with Crippen LogP contribution in [-0.2, 0) is 34.4 Å². The van der Waals surface area contributed by atoms with Gasteiger partial charge in [0.15, 0.2) is 0 Å². The maximum absolute atomic E-state index is 12.6. The maximum atomic E-state index is 12.6. The van der Waals surface area contributed by atoms with E-state index in [0.717, 1.165) is 60.6 Å². The second kappa shape index (κ2) is 11.4. The van der Waals surface area contributed by atoms with E-state index in [9.17, 15) is 14.7 Å². The minimum Gasteiger partial charge on any atom is -0.459 e. The standard InChI is InChI=1S/C29H40N4O5/c1-18-13-22(17-32(6)27(18)35)26-31-23-14-21(15-30-25(19(2)34)28(36)38-29(3,4)5)7-8-24(23)33(26)16-20-9-11-37-12-10-20/h7-8,13-14,17,19-20,25,30,34H,9-12,15-16H2,1-6H3/t19-,25-/m1/s1. The minimum atomic E-state index is -0.910. The lowest BCUT2D eigenvalue weighted by atomic mass is 10.00. The quantitative estimate of drug-likeness (QED) is 0.435. The van der Waals surface area contributed by atoms with Gasteiger partial charge in [0.25, 0.3) is 5.56 Å². The van der Waals surface area contributed by atoms with Crippen LogP contribution in [-0.4, -0.2) is 56.2 Å². The number of rotatable bonds is 8. The van der Waals surface area contributed by atoms with Crippen LogP contribution in [0.3, 0.4) is 0 Å². The molecule has 2 atom stereocenters. The maximum Gasteiger partial charge on any atom is 0.326 e. The topological polar surface area (TPSA) is 108 Å². The van der Waals surface area contributed by atoms with Crippen molar-refractivity contribution >= 4 is 17.0 Å². The molecule has 9 heteroatoms. The van der Waals surface area contributed by atoms with Crippen molar-refractivity contribution in [3.05, 3.63) is 51.9 Å². The molecule has 2 aromatic heterocycles. The average Bonchev–Trinajstić information content (AvgIpc) is 3.19. The Morgan fingerprint density at radius 3 is 2.61 bits per heavy atom. The van der Waals surface area contributed by atoms with E-state index in [1.54, 1.807) is 39.3 Å². The van der Waals surface area contributed by atoms with Gasteiger partial charge >= 0.3 is 5.97 Å². The predicted molar refractivity (Wildman–Crippen MR) is 147 cm³/mol. The Morgan fingerprint density at radius 1 is 1.26 bits per heavy atom. The zero-order chi connectivity index (χ0) is 27.6. The molecule has 0 spiro atoms. The van der Waals surface area contributed by atoms with Crippen molar-refractivity contribution < 1.29 is 19.4 Å². The summed E-state index contributed by atoms with van der Waals surface area (Å²) in [6.45, 7) is 11.5. The highest BCUT2D eigenvalue weighted by Gasteiger charge is 2.28. The third-order valence-corrected chi connectivity index (χ3v) is 6.88. The fourth-order valence-corrected chi connectivity index (χ4v) is 4.92. The fraction of sp³-hybridized carbons (Fsp3) is 0.552. The number of imidazole rings is 1. The van der Waals surface area contributed by atoms with Crippen LogP contribution < -0.4 is 10.9 Å². The van der Waals surface area contributed by atoms with Gasteiger partial charge in [-0.2, -0.15) is 0 Å². The molecule has 1 saturated heterocycles. The lowest BCUT2D eigenvalue weighted by Gasteiger charge is -2.26. The number of aliphatic hydroxyl groups is 1. The summed E-state index contributed by atoms with van der Waals surface area (Å²) in [4.78, 5) is 30.0. The van der Waals surface area contributed by atoms with Crippen LogP contribution in [0.1, 0.15) is 51.7 Å². The van der Waals surface area contributed by atoms with E-state index in [2.05, 4.69) is 16.0 Å². The van der Waals surface area contributed by atoms with Gasteiger partial charge in [0.05, 0.1) is 17.1 Å². The first-order chi connectivity index (χ1) is 17.9. The first-order valence-electron chi connectivity index (χ1n) is 13.3. The van der Waals surface area contributed by atoms with Gasteiger partial charge in [0, 0.05) is 50.7 Å². The second-order valence-electron chi connectivity index (χ2n) is 11.4. The largest absolute Gasteiger partial charge is 0.459 e. The van der Waals surface area contributed by atoms with Gasteiger partial charge in [-0.1, -0.05) is 6.07 Å². The van der Waals surface area contributed by atoms with E-state index in [4.69, 9.17) is 14.5 Å². The van der Waals surface area contributed by atoms with E-state index in [1.807, 2.05) is 31.3 Å². The van der Waals surface area contributed by atoms with Gasteiger partial charge in [0.1, 0.15) is 17.5 Å². The number of nitrogens with zero attached hydrogens (tertiary/aromatic N) is 3. The molecule has 3 aromatic rings. The van der Waals surface area contributed by atoms with Gasteiger partial charge in [-0.15, -0.1) is 0 Å². The first-order valence-corrected chi connectivity index (χ1v) is 13.3. The highest BCUT2D eigenvalue weighted by Crippen LogP contribution is 2.29. The van der Waals surface area contributed by atoms with Gasteiger partial charge in [0.2, 0.25) is 0 Å². The molecule has 1 aromatic carbocycles. The lowest BCUT2D eigenvalue weighted by Crippen LogP contribution is -2.47. The third kappa shape index (κ3) is 6.51. The summed E-state index contributed by atoms with van der Waals surface area (Å²) in [5.74, 6) is 0.822. The van der Waals surface area contributed by atoms with Crippen molar-refractivity contribution in [1.82, 2.24) is 19.4 Å². The third-order valence-electron chi connectivity index (χ3n) is 6.88. The molecule has 1 aliphatic rings. The van der Waals surface area contributed by atoms with Crippen LogP contribution >= 0.6 is 0 Å². The number of fused-ring (bicyclic) bond motifs is 1. The number of benzene rings is 1. The molecule has 3 heterocycles. The van der Waals surface area contributed by atoms with Crippen LogP contribution in [0.5, 0.6) is 0 Å². The predicted octanol–water partition coefficient (Wildman–Crippen LogP) is 3.32. The van der Waals surface area contributed by atoms with Crippen LogP contribution in [0.15, 0.2) is 35.3 Å². The number of nitrogens with one attached hydrogen (secondary N) is 1. The minimum absolute atomic E-state index is 0.0214. The lowest BCUT2D eigenvalue weighted by molar-refractivity contribution is -0.160. The Kier molecular flexibility index (Phi) is 8.40. The van der Waals surface area contributed by atoms with Crippen molar-refractivity contribution in [2.45, 2.75) is 78.3 Å². The SMILES string of the molecule is Cc1cc(-c2nc3cc(CN[C@@H](C(=O)OC(C)(C)C)[C@@H](C)O)ccc3n2CC2CCOCC2)cn(C)c1=O. The summed E-state index contributed by atoms with van der Waals surface area (Å²) in [6, 6.07) is 7.14. The summed E-state index contributed by atoms with van der Waals surface area (Å²) < 4.78 is 14.9. The molecule has 0 aliphatic carbocycles. The number of carbonyl (C=O) groups excluding carboxylic acids is 1. The number of aromatic nitrogens is 3. The number of carbonyl (C=O) groups is 1. The Bertz CT molecular complexity index is 1320. The number of esters is 1. The molecule has 1 fully saturated rings. The zero-order valence-corrected chi connectivity index (χ0v) is 23.3. The smallest absolute Gasteiger partial charge is 0.326 e. The molecule has 0 bridgehead atoms. The monoisotopic (exact) mass is 524 g/mol. The molecular weight excluding hydrogens is 484 g/mol. The molecule has 4 rings (SSSR count). The van der Waals surface area contributed by atoms with Crippen molar-refractivity contribution in [1.29, 1.82) is 0 Å². The zero-order valence-electron chi connectivity index (χ0n) is 23.3. The van der Waals surface area contributed by atoms with E-state index >= 15 is 0 Å². The summed E-state index contributed by atoms with van der Waals surface area (Å²) >= 11 is 0. The van der Waals surface area contributed by atoms with Crippen molar-refractivity contribution in [2.75, 3.05) is 13.2 Å². The highest BCUT2D eigenvalue weighted by atomic mass is 16.6. The number of pyridine rings is 1. The Balaban J connectivity index is 1.66.